The quantitative estimate of drug-likeness (QED) is 0.457. The highest BCUT2D eigenvalue weighted by Crippen LogP contribution is 2.23. The maximum absolute atomic E-state index is 13.1. The molecule has 2 bridgehead atoms. The van der Waals surface area contributed by atoms with Crippen LogP contribution in [0.1, 0.15) is 32.4 Å². The third-order valence-corrected chi connectivity index (χ3v) is 6.46. The molecule has 0 fully saturated rings. The molecule has 0 spiro atoms. The average molecular weight is 552 g/mol. The molecule has 4 rings (SSSR count). The van der Waals surface area contributed by atoms with Crippen molar-refractivity contribution in [1.82, 2.24) is 30.2 Å². The van der Waals surface area contributed by atoms with Crippen LogP contribution in [0.15, 0.2) is 54.9 Å². The SMILES string of the molecule is C[C@@H]1COC(=O)CCCn2cc(nn2)CO[C@@H](CN(C)C(=O)Nc2cccc(Oc3ccccn3)c2)[C@@H](C)CN1. The average Bonchev–Trinajstić information content (AvgIpc) is 3.40. The predicted octanol–water partition coefficient (Wildman–Crippen LogP) is 3.47. The van der Waals surface area contributed by atoms with Crippen molar-refractivity contribution in [3.63, 3.8) is 0 Å². The monoisotopic (exact) mass is 551 g/mol. The Morgan fingerprint density at radius 1 is 1.25 bits per heavy atom. The molecule has 3 heterocycles. The number of carbonyl (C=O) groups excluding carboxylic acids is 2. The number of benzene rings is 1. The maximum Gasteiger partial charge on any atom is 0.321 e. The molecule has 1 aromatic carbocycles. The molecular formula is C28H37N7O5. The number of ether oxygens (including phenoxy) is 3. The third-order valence-electron chi connectivity index (χ3n) is 6.46. The fourth-order valence-corrected chi connectivity index (χ4v) is 4.09. The maximum atomic E-state index is 13.1. The lowest BCUT2D eigenvalue weighted by molar-refractivity contribution is -0.144. The van der Waals surface area contributed by atoms with Crippen molar-refractivity contribution < 1.29 is 23.8 Å². The molecule has 1 aliphatic heterocycles. The van der Waals surface area contributed by atoms with Crippen LogP contribution in [0.5, 0.6) is 11.6 Å². The van der Waals surface area contributed by atoms with Crippen molar-refractivity contribution in [3.8, 4) is 11.6 Å². The number of likely N-dealkylation sites (N-methyl/N-ethyl adjacent to an activating group) is 1. The summed E-state index contributed by atoms with van der Waals surface area (Å²) in [7, 11) is 1.73. The van der Waals surface area contributed by atoms with E-state index in [4.69, 9.17) is 14.2 Å². The number of esters is 1. The number of anilines is 1. The van der Waals surface area contributed by atoms with Gasteiger partial charge in [-0.15, -0.1) is 5.10 Å². The summed E-state index contributed by atoms with van der Waals surface area (Å²) < 4.78 is 19.1. The van der Waals surface area contributed by atoms with Crippen LogP contribution in [-0.4, -0.2) is 75.8 Å². The number of pyridine rings is 1. The zero-order valence-corrected chi connectivity index (χ0v) is 23.2. The lowest BCUT2D eigenvalue weighted by Gasteiger charge is -2.30. The first-order valence-corrected chi connectivity index (χ1v) is 13.5. The number of hydrogen-bond donors (Lipinski definition) is 2. The van der Waals surface area contributed by atoms with E-state index >= 15 is 0 Å². The molecular weight excluding hydrogens is 514 g/mol. The molecule has 1 aliphatic rings. The van der Waals surface area contributed by atoms with E-state index in [0.29, 0.717) is 55.5 Å². The number of aromatic nitrogens is 4. The van der Waals surface area contributed by atoms with Gasteiger partial charge in [-0.05, 0) is 37.5 Å². The van der Waals surface area contributed by atoms with E-state index in [2.05, 4.69) is 32.9 Å². The molecule has 214 valence electrons. The first kappa shape index (κ1) is 29.0. The van der Waals surface area contributed by atoms with Crippen LogP contribution in [0, 0.1) is 5.92 Å². The molecule has 3 aromatic rings. The number of nitrogens with zero attached hydrogens (tertiary/aromatic N) is 5. The van der Waals surface area contributed by atoms with Gasteiger partial charge in [0.1, 0.15) is 18.1 Å². The second-order valence-electron chi connectivity index (χ2n) is 10.0. The summed E-state index contributed by atoms with van der Waals surface area (Å²) in [6.07, 6.45) is 4.11. The highest BCUT2D eigenvalue weighted by Gasteiger charge is 2.24. The van der Waals surface area contributed by atoms with E-state index in [1.54, 1.807) is 53.2 Å². The number of hydrogen-bond acceptors (Lipinski definition) is 9. The van der Waals surface area contributed by atoms with Gasteiger partial charge in [0.05, 0.1) is 18.9 Å². The topological polar surface area (TPSA) is 133 Å². The van der Waals surface area contributed by atoms with E-state index in [9.17, 15) is 9.59 Å². The molecule has 40 heavy (non-hydrogen) atoms. The molecule has 0 radical (unpaired) electrons. The molecule has 12 heteroatoms. The number of amides is 2. The van der Waals surface area contributed by atoms with Crippen LogP contribution < -0.4 is 15.4 Å². The number of fused-ring (bicyclic) bond motifs is 2. The van der Waals surface area contributed by atoms with Crippen LogP contribution in [-0.2, 0) is 27.4 Å². The minimum Gasteiger partial charge on any atom is -0.464 e. The highest BCUT2D eigenvalue weighted by molar-refractivity contribution is 5.89. The van der Waals surface area contributed by atoms with E-state index in [0.717, 1.165) is 0 Å². The van der Waals surface area contributed by atoms with Crippen molar-refractivity contribution in [2.24, 2.45) is 5.92 Å². The normalized spacial score (nSPS) is 20.8. The summed E-state index contributed by atoms with van der Waals surface area (Å²) >= 11 is 0. The van der Waals surface area contributed by atoms with Crippen molar-refractivity contribution in [2.45, 2.75) is 52.0 Å². The van der Waals surface area contributed by atoms with Crippen molar-refractivity contribution in [1.29, 1.82) is 0 Å². The van der Waals surface area contributed by atoms with Gasteiger partial charge in [0.2, 0.25) is 5.88 Å². The van der Waals surface area contributed by atoms with Gasteiger partial charge < -0.3 is 29.7 Å². The summed E-state index contributed by atoms with van der Waals surface area (Å²) in [4.78, 5) is 30.9. The molecule has 0 unspecified atom stereocenters. The molecule has 2 N–H and O–H groups in total. The Morgan fingerprint density at radius 3 is 2.95 bits per heavy atom. The first-order chi connectivity index (χ1) is 19.4. The van der Waals surface area contributed by atoms with Gasteiger partial charge >= 0.3 is 12.0 Å². The Kier molecular flexibility index (Phi) is 10.4. The summed E-state index contributed by atoms with van der Waals surface area (Å²) in [6.45, 7) is 6.09. The molecule has 12 nitrogen and oxygen atoms in total. The standard InChI is InChI=1S/C28H37N7O5/c1-20-15-30-21(2)18-39-27(36)11-7-13-35-16-23(32-33-35)19-38-25(20)17-34(3)28(37)31-22-8-6-9-24(14-22)40-26-10-4-5-12-29-26/h4-6,8-10,12,14,16,20-21,25,30H,7,11,13,15,17-19H2,1-3H3,(H,31,37)/t20-,21+,25-/m0/s1. The van der Waals surface area contributed by atoms with Gasteiger partial charge in [0.15, 0.2) is 0 Å². The lowest BCUT2D eigenvalue weighted by Crippen LogP contribution is -2.44. The zero-order valence-electron chi connectivity index (χ0n) is 23.2. The van der Waals surface area contributed by atoms with Crippen LogP contribution in [0.25, 0.3) is 0 Å². The Labute approximate surface area is 234 Å². The number of rotatable bonds is 5. The van der Waals surface area contributed by atoms with E-state index in [1.807, 2.05) is 25.3 Å². The molecule has 2 aromatic heterocycles. The minimum atomic E-state index is -0.296. The van der Waals surface area contributed by atoms with Gasteiger partial charge in [-0.2, -0.15) is 0 Å². The van der Waals surface area contributed by atoms with Gasteiger partial charge in [-0.25, -0.2) is 9.78 Å². The second kappa shape index (κ2) is 14.4. The Bertz CT molecular complexity index is 1240. The number of carbonyl (C=O) groups is 2. The number of urea groups is 1. The summed E-state index contributed by atoms with van der Waals surface area (Å²) in [5.74, 6) is 0.839. The van der Waals surface area contributed by atoms with E-state index in [-0.39, 0.29) is 43.3 Å². The van der Waals surface area contributed by atoms with Gasteiger partial charge in [-0.1, -0.05) is 24.3 Å². The summed E-state index contributed by atoms with van der Waals surface area (Å²) in [5.41, 5.74) is 1.28. The molecule has 3 atom stereocenters. The molecule has 2 amide bonds. The molecule has 0 saturated heterocycles. The zero-order chi connectivity index (χ0) is 28.3. The fourth-order valence-electron chi connectivity index (χ4n) is 4.09. The number of nitrogens with one attached hydrogen (secondary N) is 2. The van der Waals surface area contributed by atoms with Crippen molar-refractivity contribution >= 4 is 17.7 Å². The van der Waals surface area contributed by atoms with Crippen molar-refractivity contribution in [2.75, 3.05) is 32.1 Å². The minimum absolute atomic E-state index is 0.0193. The van der Waals surface area contributed by atoms with Crippen molar-refractivity contribution in [3.05, 3.63) is 60.6 Å². The van der Waals surface area contributed by atoms with E-state index in [1.165, 1.54) is 0 Å². The Balaban J connectivity index is 1.38. The summed E-state index contributed by atoms with van der Waals surface area (Å²) in [5, 5.41) is 14.6. The lowest BCUT2D eigenvalue weighted by atomic mass is 10.0. The Hall–Kier alpha value is -4.03. The third kappa shape index (κ3) is 9.02. The van der Waals surface area contributed by atoms with Crippen LogP contribution in [0.3, 0.4) is 0 Å². The Morgan fingerprint density at radius 2 is 2.12 bits per heavy atom. The predicted molar refractivity (Wildman–Crippen MR) is 148 cm³/mol. The van der Waals surface area contributed by atoms with E-state index < -0.39 is 0 Å². The smallest absolute Gasteiger partial charge is 0.321 e. The van der Waals surface area contributed by atoms with Gasteiger partial charge in [0, 0.05) is 63.2 Å². The van der Waals surface area contributed by atoms with Crippen LogP contribution in [0.2, 0.25) is 0 Å². The largest absolute Gasteiger partial charge is 0.464 e. The van der Waals surface area contributed by atoms with Gasteiger partial charge in [-0.3, -0.25) is 9.48 Å². The second-order valence-corrected chi connectivity index (χ2v) is 10.0. The van der Waals surface area contributed by atoms with Crippen LogP contribution in [0.4, 0.5) is 10.5 Å². The fraction of sp³-hybridized carbons (Fsp3) is 0.464. The number of cyclic esters (lactones) is 1. The molecule has 0 aliphatic carbocycles. The first-order valence-electron chi connectivity index (χ1n) is 13.5. The highest BCUT2D eigenvalue weighted by atomic mass is 16.5. The summed E-state index contributed by atoms with van der Waals surface area (Å²) in [6, 6.07) is 12.3. The van der Waals surface area contributed by atoms with Crippen LogP contribution >= 0.6 is 0 Å². The molecule has 0 saturated carbocycles. The van der Waals surface area contributed by atoms with Gasteiger partial charge in [0.25, 0.3) is 0 Å². The number of aryl methyl sites for hydroxylation is 1.